The van der Waals surface area contributed by atoms with Crippen LogP contribution in [0, 0.1) is 29.1 Å². The highest BCUT2D eigenvalue weighted by molar-refractivity contribution is 7.90. The molecule has 3 fully saturated rings. The van der Waals surface area contributed by atoms with Crippen LogP contribution in [0.4, 0.5) is 13.2 Å². The first-order valence-corrected chi connectivity index (χ1v) is 21.4. The van der Waals surface area contributed by atoms with Gasteiger partial charge in [-0.3, -0.25) is 23.9 Å². The van der Waals surface area contributed by atoms with Gasteiger partial charge in [-0.1, -0.05) is 26.0 Å². The molecule has 312 valence electrons. The second-order valence-corrected chi connectivity index (χ2v) is 18.7. The van der Waals surface area contributed by atoms with Gasteiger partial charge in [-0.15, -0.1) is 0 Å². The van der Waals surface area contributed by atoms with E-state index in [4.69, 9.17) is 14.2 Å². The maximum Gasteiger partial charge on any atom is 0.425 e. The number of rotatable bonds is 10. The largest absolute Gasteiger partial charge is 0.491 e. The number of pyridine rings is 1. The number of nitrogens with one attached hydrogen (secondary N) is 1. The van der Waals surface area contributed by atoms with Crippen LogP contribution in [0.5, 0.6) is 11.6 Å². The average molecular weight is 820 g/mol. The molecule has 3 heterocycles. The number of hydrogen-bond donors (Lipinski definition) is 1. The number of amides is 2. The van der Waals surface area contributed by atoms with E-state index in [9.17, 15) is 40.8 Å². The number of ether oxygens (including phenoxy) is 3. The summed E-state index contributed by atoms with van der Waals surface area (Å²) in [6, 6.07) is 6.06. The Kier molecular flexibility index (Phi) is 12.3. The van der Waals surface area contributed by atoms with Gasteiger partial charge in [0.1, 0.15) is 11.9 Å². The zero-order valence-corrected chi connectivity index (χ0v) is 33.7. The fourth-order valence-corrected chi connectivity index (χ4v) is 9.59. The third kappa shape index (κ3) is 9.92. The van der Waals surface area contributed by atoms with Crippen molar-refractivity contribution >= 4 is 44.4 Å². The Balaban J connectivity index is 1.33. The third-order valence-electron chi connectivity index (χ3n) is 11.7. The number of benzene rings is 1. The molecule has 1 N–H and O–H groups in total. The van der Waals surface area contributed by atoms with Gasteiger partial charge in [-0.25, -0.2) is 13.4 Å². The molecule has 2 saturated carbocycles. The van der Waals surface area contributed by atoms with Crippen molar-refractivity contribution in [2.45, 2.75) is 128 Å². The number of allylic oxidation sites excluding steroid dienone is 2. The van der Waals surface area contributed by atoms with Crippen LogP contribution in [-0.4, -0.2) is 84.2 Å². The van der Waals surface area contributed by atoms with E-state index in [-0.39, 0.29) is 43.7 Å². The normalized spacial score (nSPS) is 29.7. The van der Waals surface area contributed by atoms with Crippen LogP contribution in [0.3, 0.4) is 0 Å². The van der Waals surface area contributed by atoms with E-state index < -0.39 is 92.9 Å². The van der Waals surface area contributed by atoms with E-state index in [2.05, 4.69) is 9.71 Å². The van der Waals surface area contributed by atoms with E-state index in [0.29, 0.717) is 43.2 Å². The number of halogens is 3. The van der Waals surface area contributed by atoms with Crippen molar-refractivity contribution in [3.05, 3.63) is 42.6 Å². The van der Waals surface area contributed by atoms with Gasteiger partial charge < -0.3 is 19.1 Å². The lowest BCUT2D eigenvalue weighted by atomic mass is 9.82. The lowest BCUT2D eigenvalue weighted by Crippen LogP contribution is -2.47. The predicted octanol–water partition coefficient (Wildman–Crippen LogP) is 6.46. The molecule has 2 amide bonds. The van der Waals surface area contributed by atoms with Crippen molar-refractivity contribution < 1.29 is 55.0 Å². The van der Waals surface area contributed by atoms with Crippen LogP contribution in [0.25, 0.3) is 10.8 Å². The zero-order chi connectivity index (χ0) is 41.4. The van der Waals surface area contributed by atoms with Crippen LogP contribution < -0.4 is 14.2 Å². The number of carbonyl (C=O) groups excluding carboxylic acids is 4. The Labute approximate surface area is 331 Å². The number of fused-ring (bicyclic) bond motifs is 3. The summed E-state index contributed by atoms with van der Waals surface area (Å²) < 4.78 is 85.2. The Morgan fingerprint density at radius 2 is 1.81 bits per heavy atom. The number of carbonyl (C=O) groups is 4. The second-order valence-electron chi connectivity index (χ2n) is 16.7. The average Bonchev–Trinajstić information content (AvgIpc) is 4.05. The Morgan fingerprint density at radius 3 is 2.49 bits per heavy atom. The molecule has 12 nitrogen and oxygen atoms in total. The van der Waals surface area contributed by atoms with Crippen molar-refractivity contribution in [3.63, 3.8) is 0 Å². The van der Waals surface area contributed by atoms with Gasteiger partial charge in [0.15, 0.2) is 11.9 Å². The number of ketones is 1. The first-order chi connectivity index (χ1) is 26.8. The minimum Gasteiger partial charge on any atom is -0.491 e. The van der Waals surface area contributed by atoms with Gasteiger partial charge in [0.25, 0.3) is 0 Å². The van der Waals surface area contributed by atoms with E-state index in [1.54, 1.807) is 31.3 Å². The fraction of sp³-hybridized carbons (Fsp3) is 0.634. The Morgan fingerprint density at radius 1 is 1.07 bits per heavy atom. The number of alkyl halides is 3. The summed E-state index contributed by atoms with van der Waals surface area (Å²) in [6.07, 6.45) is -0.856. The molecule has 8 atom stereocenters. The summed E-state index contributed by atoms with van der Waals surface area (Å²) in [5.74, 6) is -4.18. The van der Waals surface area contributed by atoms with Gasteiger partial charge in [-0.2, -0.15) is 13.2 Å². The van der Waals surface area contributed by atoms with Crippen molar-refractivity contribution in [1.82, 2.24) is 14.6 Å². The molecule has 2 aromatic rings. The first-order valence-electron chi connectivity index (χ1n) is 19.8. The number of sulfonamides is 1. The molecule has 2 aliphatic carbocycles. The van der Waals surface area contributed by atoms with Gasteiger partial charge in [0.2, 0.25) is 27.7 Å². The highest BCUT2D eigenvalue weighted by Crippen LogP contribution is 2.57. The molecule has 4 aliphatic rings. The molecule has 0 unspecified atom stereocenters. The number of aromatic nitrogens is 1. The zero-order valence-electron chi connectivity index (χ0n) is 32.9. The molecule has 1 saturated heterocycles. The summed E-state index contributed by atoms with van der Waals surface area (Å²) in [4.78, 5) is 61.9. The molecule has 1 aromatic carbocycles. The van der Waals surface area contributed by atoms with Crippen LogP contribution in [0.1, 0.15) is 92.4 Å². The highest BCUT2D eigenvalue weighted by atomic mass is 32.2. The summed E-state index contributed by atoms with van der Waals surface area (Å²) >= 11 is 0. The minimum atomic E-state index is -4.80. The topological polar surface area (TPSA) is 158 Å². The maximum absolute atomic E-state index is 14.7. The van der Waals surface area contributed by atoms with Crippen molar-refractivity contribution in [3.8, 4) is 11.6 Å². The fourth-order valence-electron chi connectivity index (χ4n) is 8.20. The van der Waals surface area contributed by atoms with E-state index >= 15 is 0 Å². The van der Waals surface area contributed by atoms with Crippen LogP contribution >= 0.6 is 0 Å². The first kappa shape index (κ1) is 42.4. The number of Topliss-reactive ketones (excluding diaryl/α,β-unsaturated/α-hetero) is 1. The monoisotopic (exact) mass is 819 g/mol. The molecular formula is C41H52F3N3O9S. The van der Waals surface area contributed by atoms with Crippen molar-refractivity contribution in [2.75, 3.05) is 6.54 Å². The summed E-state index contributed by atoms with van der Waals surface area (Å²) in [5.41, 5.74) is -1.35. The summed E-state index contributed by atoms with van der Waals surface area (Å²) in [7, 11) is -3.93. The summed E-state index contributed by atoms with van der Waals surface area (Å²) in [6.45, 7) is 8.17. The quantitative estimate of drug-likeness (QED) is 0.209. The minimum absolute atomic E-state index is 0.0111. The number of esters is 1. The summed E-state index contributed by atoms with van der Waals surface area (Å²) in [5, 5.41) is 0.764. The second kappa shape index (κ2) is 16.6. The maximum atomic E-state index is 14.7. The lowest BCUT2D eigenvalue weighted by Gasteiger charge is -2.32. The van der Waals surface area contributed by atoms with Gasteiger partial charge in [0, 0.05) is 24.4 Å². The molecule has 0 radical (unpaired) electrons. The number of nitrogens with zero attached hydrogens (tertiary/aromatic N) is 2. The molecule has 6 rings (SSSR count). The van der Waals surface area contributed by atoms with E-state index in [0.717, 1.165) is 12.3 Å². The predicted molar refractivity (Wildman–Crippen MR) is 203 cm³/mol. The lowest BCUT2D eigenvalue weighted by molar-refractivity contribution is -0.216. The van der Waals surface area contributed by atoms with Crippen LogP contribution in [0.15, 0.2) is 42.6 Å². The van der Waals surface area contributed by atoms with Gasteiger partial charge >= 0.3 is 12.1 Å². The van der Waals surface area contributed by atoms with Crippen LogP contribution in [-0.2, 0) is 33.9 Å². The standard InChI is InChI=1S/C41H52F3N3O9S/c1-23(2)54-29-10-13-32-27(17-29)14-15-45-37(32)56-30-18-34-35(48)21-40(39(51)46-57(52,53)31-11-12-31)20-28(40)9-7-6-8-24(3)16-25(4)33(38(50)47(34)22-30)19-36(49)55-26(5)41(42,43)44/h7,9-10,13-15,17,23-26,28,30-31,33-34H,6,8,11-12,16,18-22H2,1-5H3,(H,46,51)/b9-7-/t24-,25-,26-,28-,30-,33+,34+,40-/m1/s1. The molecule has 0 spiro atoms. The molecule has 16 heteroatoms. The van der Waals surface area contributed by atoms with Gasteiger partial charge in [0.05, 0.1) is 41.7 Å². The molecule has 1 aromatic heterocycles. The molecule has 0 bridgehead atoms. The van der Waals surface area contributed by atoms with E-state index in [1.807, 2.05) is 39.0 Å². The van der Waals surface area contributed by atoms with E-state index in [1.165, 1.54) is 4.90 Å². The Bertz CT molecular complexity index is 2000. The SMILES string of the molecule is CC(C)Oc1ccc2c(O[C@@H]3C[C@H]4C(=O)C[C@]5(C(=O)NS(=O)(=O)C6CC6)C[C@H]5/C=C\CC[C@@H](C)C[C@@H](C)[C@H](CC(=O)O[C@H](C)C(F)(F)F)C(=O)N4C3)nccc2c1. The highest BCUT2D eigenvalue weighted by Gasteiger charge is 2.61. The van der Waals surface area contributed by atoms with Gasteiger partial charge in [-0.05, 0) is 107 Å². The van der Waals surface area contributed by atoms with Crippen molar-refractivity contribution in [2.24, 2.45) is 29.1 Å². The molecule has 57 heavy (non-hydrogen) atoms. The Hall–Kier alpha value is -4.21. The smallest absolute Gasteiger partial charge is 0.425 e. The molecule has 2 aliphatic heterocycles. The van der Waals surface area contributed by atoms with Crippen LogP contribution in [0.2, 0.25) is 0 Å². The number of hydrogen-bond acceptors (Lipinski definition) is 10. The molecular weight excluding hydrogens is 768 g/mol. The third-order valence-corrected chi connectivity index (χ3v) is 13.5. The van der Waals surface area contributed by atoms with Crippen molar-refractivity contribution in [1.29, 1.82) is 0 Å².